The molecule has 2 rings (SSSR count). The summed E-state index contributed by atoms with van der Waals surface area (Å²) < 4.78 is 0.781. The number of aromatic amines is 1. The number of hydrogen-bond acceptors (Lipinski definition) is 1. The maximum absolute atomic E-state index is 4.98. The van der Waals surface area contributed by atoms with Gasteiger partial charge < -0.3 is 10.5 Å². The number of nitrogens with one attached hydrogen (secondary N) is 1. The highest BCUT2D eigenvalue weighted by molar-refractivity contribution is 7.71. The predicted molar refractivity (Wildman–Crippen MR) is 52.7 cm³/mol. The molecule has 0 fully saturated rings. The quantitative estimate of drug-likeness (QED) is 0.618. The Labute approximate surface area is 75.2 Å². The topological polar surface area (TPSA) is 47.3 Å². The van der Waals surface area contributed by atoms with E-state index >= 15 is 0 Å². The van der Waals surface area contributed by atoms with Crippen LogP contribution in [0.5, 0.6) is 0 Å². The number of fused-ring (bicyclic) bond motifs is 1. The molecule has 62 valence electrons. The van der Waals surface area contributed by atoms with Gasteiger partial charge in [0.2, 0.25) is 0 Å². The first-order valence-corrected chi connectivity index (χ1v) is 3.85. The Balaban J connectivity index is 0.000000720. The first-order chi connectivity index (χ1) is 5.36. The van der Waals surface area contributed by atoms with E-state index in [1.807, 2.05) is 30.3 Å². The number of hydrogen-bond donors (Lipinski definition) is 1. The molecule has 1 heterocycles. The van der Waals surface area contributed by atoms with Crippen molar-refractivity contribution >= 4 is 23.1 Å². The number of pyridine rings is 1. The summed E-state index contributed by atoms with van der Waals surface area (Å²) in [6.07, 6.45) is 0. The summed E-state index contributed by atoms with van der Waals surface area (Å²) in [6.45, 7) is 0. The molecule has 1 aromatic heterocycles. The fourth-order valence-corrected chi connectivity index (χ4v) is 1.27. The Hall–Kier alpha value is -1.19. The lowest BCUT2D eigenvalue weighted by atomic mass is 10.2. The van der Waals surface area contributed by atoms with E-state index in [1.54, 1.807) is 0 Å². The Bertz CT molecular complexity index is 435. The molecule has 1 aromatic carbocycles. The number of benzene rings is 1. The lowest BCUT2D eigenvalue weighted by molar-refractivity contribution is 0.824. The molecule has 0 aliphatic heterocycles. The van der Waals surface area contributed by atoms with Crippen LogP contribution in [0.3, 0.4) is 0 Å². The van der Waals surface area contributed by atoms with Crippen LogP contribution < -0.4 is 0 Å². The van der Waals surface area contributed by atoms with Gasteiger partial charge >= 0.3 is 0 Å². The first-order valence-electron chi connectivity index (χ1n) is 3.44. The number of rotatable bonds is 0. The molecule has 0 unspecified atom stereocenters. The largest absolute Gasteiger partial charge is 0.412 e. The summed E-state index contributed by atoms with van der Waals surface area (Å²) >= 11 is 4.98. The summed E-state index contributed by atoms with van der Waals surface area (Å²) in [7, 11) is 0. The molecule has 3 heteroatoms. The van der Waals surface area contributed by atoms with Gasteiger partial charge in [-0.2, -0.15) is 0 Å². The highest BCUT2D eigenvalue weighted by Crippen LogP contribution is 2.09. The van der Waals surface area contributed by atoms with Crippen molar-refractivity contribution in [3.05, 3.63) is 41.0 Å². The number of H-pyrrole nitrogens is 1. The summed E-state index contributed by atoms with van der Waals surface area (Å²) in [5.74, 6) is 0. The lowest BCUT2D eigenvalue weighted by Gasteiger charge is -1.94. The monoisotopic (exact) mass is 179 g/mol. The van der Waals surface area contributed by atoms with Crippen LogP contribution in [0, 0.1) is 4.64 Å². The third kappa shape index (κ3) is 1.52. The van der Waals surface area contributed by atoms with Crippen LogP contribution in [0.1, 0.15) is 0 Å². The van der Waals surface area contributed by atoms with Gasteiger partial charge in [0.05, 0.1) is 0 Å². The molecule has 12 heavy (non-hydrogen) atoms. The zero-order chi connectivity index (χ0) is 7.68. The van der Waals surface area contributed by atoms with Crippen LogP contribution >= 0.6 is 12.2 Å². The van der Waals surface area contributed by atoms with Crippen molar-refractivity contribution in [2.24, 2.45) is 0 Å². The second-order valence-corrected chi connectivity index (χ2v) is 2.85. The molecule has 0 spiro atoms. The van der Waals surface area contributed by atoms with Crippen LogP contribution in [0.2, 0.25) is 0 Å². The van der Waals surface area contributed by atoms with Crippen molar-refractivity contribution < 1.29 is 5.48 Å². The van der Waals surface area contributed by atoms with E-state index in [1.165, 1.54) is 5.39 Å². The number of para-hydroxylation sites is 1. The smallest absolute Gasteiger partial charge is 0.103 e. The predicted octanol–water partition coefficient (Wildman–Crippen LogP) is 2.07. The van der Waals surface area contributed by atoms with Crippen molar-refractivity contribution in [2.75, 3.05) is 0 Å². The molecule has 0 aliphatic rings. The van der Waals surface area contributed by atoms with Crippen molar-refractivity contribution in [3.63, 3.8) is 0 Å². The summed E-state index contributed by atoms with van der Waals surface area (Å²) in [4.78, 5) is 3.10. The maximum atomic E-state index is 4.98. The van der Waals surface area contributed by atoms with Crippen LogP contribution in [0.15, 0.2) is 36.4 Å². The standard InChI is InChI=1S/C9H7NS.H2O/c11-9-6-5-7-3-1-2-4-8(7)10-9;/h1-6H,(H,10,11);1H2. The summed E-state index contributed by atoms with van der Waals surface area (Å²) in [6, 6.07) is 12.0. The molecule has 3 N–H and O–H groups in total. The van der Waals surface area contributed by atoms with Gasteiger partial charge in [-0.3, -0.25) is 0 Å². The van der Waals surface area contributed by atoms with E-state index in [-0.39, 0.29) is 5.48 Å². The highest BCUT2D eigenvalue weighted by atomic mass is 32.1. The average molecular weight is 179 g/mol. The Kier molecular flexibility index (Phi) is 2.58. The van der Waals surface area contributed by atoms with Crippen molar-refractivity contribution in [1.82, 2.24) is 4.98 Å². The maximum Gasteiger partial charge on any atom is 0.103 e. The third-order valence-corrected chi connectivity index (χ3v) is 1.87. The molecule has 0 saturated carbocycles. The molecule has 0 atom stereocenters. The molecular weight excluding hydrogens is 170 g/mol. The second-order valence-electron chi connectivity index (χ2n) is 2.41. The molecule has 0 amide bonds. The summed E-state index contributed by atoms with van der Waals surface area (Å²) in [5, 5.41) is 1.20. The van der Waals surface area contributed by atoms with Gasteiger partial charge in [0.15, 0.2) is 0 Å². The molecule has 2 aromatic rings. The third-order valence-electron chi connectivity index (χ3n) is 1.63. The normalized spacial score (nSPS) is 9.33. The van der Waals surface area contributed by atoms with Gasteiger partial charge in [0, 0.05) is 5.52 Å². The van der Waals surface area contributed by atoms with Gasteiger partial charge in [-0.1, -0.05) is 30.4 Å². The Morgan fingerprint density at radius 1 is 1.00 bits per heavy atom. The van der Waals surface area contributed by atoms with Gasteiger partial charge in [0.1, 0.15) is 4.64 Å². The summed E-state index contributed by atoms with van der Waals surface area (Å²) in [5.41, 5.74) is 1.10. The second kappa shape index (κ2) is 3.47. The zero-order valence-electron chi connectivity index (χ0n) is 6.37. The number of aromatic nitrogens is 1. The SMILES string of the molecule is O.S=c1ccc2ccccc2[nH]1. The van der Waals surface area contributed by atoms with E-state index in [0.717, 1.165) is 10.2 Å². The molecule has 2 nitrogen and oxygen atoms in total. The lowest BCUT2D eigenvalue weighted by Crippen LogP contribution is -1.76. The molecule has 0 bridgehead atoms. The first kappa shape index (κ1) is 8.90. The van der Waals surface area contributed by atoms with Crippen LogP contribution in [-0.2, 0) is 0 Å². The van der Waals surface area contributed by atoms with Crippen LogP contribution in [-0.4, -0.2) is 10.5 Å². The van der Waals surface area contributed by atoms with Gasteiger partial charge in [-0.25, -0.2) is 0 Å². The molecule has 0 radical (unpaired) electrons. The molecule has 0 aliphatic carbocycles. The van der Waals surface area contributed by atoms with E-state index in [0.29, 0.717) is 0 Å². The van der Waals surface area contributed by atoms with Crippen molar-refractivity contribution in [2.45, 2.75) is 0 Å². The van der Waals surface area contributed by atoms with Crippen LogP contribution in [0.4, 0.5) is 0 Å². The highest BCUT2D eigenvalue weighted by Gasteiger charge is 1.87. The van der Waals surface area contributed by atoms with E-state index in [4.69, 9.17) is 12.2 Å². The van der Waals surface area contributed by atoms with E-state index < -0.39 is 0 Å². The van der Waals surface area contributed by atoms with Crippen LogP contribution in [0.25, 0.3) is 10.9 Å². The van der Waals surface area contributed by atoms with Gasteiger partial charge in [-0.15, -0.1) is 0 Å². The minimum Gasteiger partial charge on any atom is -0.412 e. The Morgan fingerprint density at radius 3 is 2.58 bits per heavy atom. The Morgan fingerprint density at radius 2 is 1.75 bits per heavy atom. The minimum absolute atomic E-state index is 0. The van der Waals surface area contributed by atoms with E-state index in [9.17, 15) is 0 Å². The van der Waals surface area contributed by atoms with E-state index in [2.05, 4.69) is 11.1 Å². The van der Waals surface area contributed by atoms with Gasteiger partial charge in [0.25, 0.3) is 0 Å². The van der Waals surface area contributed by atoms with Crippen molar-refractivity contribution in [1.29, 1.82) is 0 Å². The molecular formula is C9H9NOS. The minimum atomic E-state index is 0. The fraction of sp³-hybridized carbons (Fsp3) is 0. The van der Waals surface area contributed by atoms with Crippen molar-refractivity contribution in [3.8, 4) is 0 Å². The molecule has 0 saturated heterocycles. The zero-order valence-corrected chi connectivity index (χ0v) is 7.19. The average Bonchev–Trinajstić information content (AvgIpc) is 2.04. The fourth-order valence-electron chi connectivity index (χ4n) is 1.10. The van der Waals surface area contributed by atoms with Gasteiger partial charge in [-0.05, 0) is 23.6 Å².